The number of aryl methyl sites for hydroxylation is 2. The molecule has 0 atom stereocenters. The molecule has 1 aliphatic rings. The van der Waals surface area contributed by atoms with Crippen LogP contribution in [0.1, 0.15) is 17.5 Å². The first-order valence-electron chi connectivity index (χ1n) is 9.07. The summed E-state index contributed by atoms with van der Waals surface area (Å²) in [4.78, 5) is 10.9. The monoisotopic (exact) mass is 378 g/mol. The Hall–Kier alpha value is -2.80. The Bertz CT molecular complexity index is 1020. The molecule has 2 aromatic heterocycles. The summed E-state index contributed by atoms with van der Waals surface area (Å²) in [7, 11) is 0. The molecule has 3 heterocycles. The first-order valence-corrected chi connectivity index (χ1v) is 9.47. The van der Waals surface area contributed by atoms with E-state index >= 15 is 0 Å². The van der Waals surface area contributed by atoms with Gasteiger partial charge in [0, 0.05) is 31.2 Å². The standard InChI is InChI=1S/C20H22N6S/c1-3-10-25-19(17-13-21-8-9-22-17)23-26(20(25)27)14-24-11-4-5-16-12-15(2)6-7-18(16)24/h3,6-9,12-13H,1,4-5,10-11,14H2,2H3. The summed E-state index contributed by atoms with van der Waals surface area (Å²) in [6.45, 7) is 8.18. The van der Waals surface area contributed by atoms with Crippen LogP contribution in [0.3, 0.4) is 0 Å². The Morgan fingerprint density at radius 2 is 2.19 bits per heavy atom. The number of aromatic nitrogens is 5. The Morgan fingerprint density at radius 1 is 1.30 bits per heavy atom. The minimum absolute atomic E-state index is 0.584. The van der Waals surface area contributed by atoms with Gasteiger partial charge in [-0.05, 0) is 43.6 Å². The van der Waals surface area contributed by atoms with E-state index < -0.39 is 0 Å². The lowest BCUT2D eigenvalue weighted by Gasteiger charge is -2.31. The predicted octanol–water partition coefficient (Wildman–Crippen LogP) is 3.78. The summed E-state index contributed by atoms with van der Waals surface area (Å²) in [5, 5.41) is 4.77. The molecule has 0 spiro atoms. The zero-order valence-corrected chi connectivity index (χ0v) is 16.2. The SMILES string of the molecule is C=CCn1c(-c2cnccn2)nn(CN2CCCc3cc(C)ccc32)c1=S. The molecule has 3 aromatic rings. The molecule has 0 aliphatic carbocycles. The second kappa shape index (κ2) is 7.44. The van der Waals surface area contributed by atoms with E-state index in [1.165, 1.54) is 16.8 Å². The van der Waals surface area contributed by atoms with Crippen LogP contribution in [0.5, 0.6) is 0 Å². The maximum Gasteiger partial charge on any atom is 0.200 e. The summed E-state index contributed by atoms with van der Waals surface area (Å²) in [6.07, 6.45) is 9.10. The van der Waals surface area contributed by atoms with E-state index in [1.54, 1.807) is 18.6 Å². The molecule has 0 radical (unpaired) electrons. The number of benzene rings is 1. The van der Waals surface area contributed by atoms with E-state index in [1.807, 2.05) is 15.3 Å². The number of hydrogen-bond donors (Lipinski definition) is 0. The fraction of sp³-hybridized carbons (Fsp3) is 0.300. The van der Waals surface area contributed by atoms with Crippen LogP contribution in [0.25, 0.3) is 11.5 Å². The molecule has 0 saturated carbocycles. The number of fused-ring (bicyclic) bond motifs is 1. The third-order valence-corrected chi connectivity index (χ3v) is 5.21. The van der Waals surface area contributed by atoms with Crippen molar-refractivity contribution in [3.8, 4) is 11.5 Å². The topological polar surface area (TPSA) is 51.8 Å². The molecule has 1 aliphatic heterocycles. The summed E-state index contributed by atoms with van der Waals surface area (Å²) in [5.41, 5.74) is 4.67. The summed E-state index contributed by atoms with van der Waals surface area (Å²) in [5.74, 6) is 0.717. The third kappa shape index (κ3) is 3.42. The van der Waals surface area contributed by atoms with Gasteiger partial charge in [-0.2, -0.15) is 0 Å². The van der Waals surface area contributed by atoms with Gasteiger partial charge in [-0.15, -0.1) is 11.7 Å². The van der Waals surface area contributed by atoms with Crippen molar-refractivity contribution in [2.24, 2.45) is 0 Å². The average Bonchev–Trinajstić information content (AvgIpc) is 2.99. The fourth-order valence-electron chi connectivity index (χ4n) is 3.54. The van der Waals surface area contributed by atoms with Gasteiger partial charge in [-0.25, -0.2) is 9.67 Å². The lowest BCUT2D eigenvalue weighted by Crippen LogP contribution is -2.32. The van der Waals surface area contributed by atoms with Crippen LogP contribution >= 0.6 is 12.2 Å². The summed E-state index contributed by atoms with van der Waals surface area (Å²) < 4.78 is 4.49. The minimum atomic E-state index is 0.584. The Kier molecular flexibility index (Phi) is 4.85. The quantitative estimate of drug-likeness (QED) is 0.500. The van der Waals surface area contributed by atoms with Crippen molar-refractivity contribution in [3.05, 3.63) is 65.3 Å². The highest BCUT2D eigenvalue weighted by atomic mass is 32.1. The fourth-order valence-corrected chi connectivity index (χ4v) is 3.80. The van der Waals surface area contributed by atoms with Gasteiger partial charge in [0.15, 0.2) is 10.6 Å². The lowest BCUT2D eigenvalue weighted by atomic mass is 10.00. The summed E-state index contributed by atoms with van der Waals surface area (Å²) >= 11 is 5.71. The van der Waals surface area contributed by atoms with Crippen LogP contribution in [-0.2, 0) is 19.6 Å². The van der Waals surface area contributed by atoms with Crippen LogP contribution in [0.15, 0.2) is 49.4 Å². The average molecular weight is 379 g/mol. The molecule has 138 valence electrons. The van der Waals surface area contributed by atoms with E-state index in [4.69, 9.17) is 17.3 Å². The van der Waals surface area contributed by atoms with E-state index in [-0.39, 0.29) is 0 Å². The van der Waals surface area contributed by atoms with Crippen molar-refractivity contribution in [1.82, 2.24) is 24.3 Å². The van der Waals surface area contributed by atoms with Gasteiger partial charge >= 0.3 is 0 Å². The molecule has 4 rings (SSSR count). The highest BCUT2D eigenvalue weighted by molar-refractivity contribution is 7.71. The lowest BCUT2D eigenvalue weighted by molar-refractivity contribution is 0.543. The second-order valence-corrected chi connectivity index (χ2v) is 7.10. The van der Waals surface area contributed by atoms with Crippen LogP contribution in [0.4, 0.5) is 5.69 Å². The number of rotatable bonds is 5. The highest BCUT2D eigenvalue weighted by Gasteiger charge is 2.20. The molecular weight excluding hydrogens is 356 g/mol. The van der Waals surface area contributed by atoms with Crippen molar-refractivity contribution >= 4 is 17.9 Å². The minimum Gasteiger partial charge on any atom is -0.352 e. The van der Waals surface area contributed by atoms with Crippen LogP contribution < -0.4 is 4.90 Å². The van der Waals surface area contributed by atoms with Gasteiger partial charge in [0.1, 0.15) is 12.4 Å². The van der Waals surface area contributed by atoms with E-state index in [0.29, 0.717) is 29.5 Å². The predicted molar refractivity (Wildman–Crippen MR) is 109 cm³/mol. The summed E-state index contributed by atoms with van der Waals surface area (Å²) in [6, 6.07) is 6.65. The number of nitrogens with zero attached hydrogens (tertiary/aromatic N) is 6. The highest BCUT2D eigenvalue weighted by Crippen LogP contribution is 2.28. The maximum atomic E-state index is 5.71. The first-order chi connectivity index (χ1) is 13.2. The van der Waals surface area contributed by atoms with E-state index in [2.05, 4.69) is 46.6 Å². The third-order valence-electron chi connectivity index (χ3n) is 4.78. The molecule has 27 heavy (non-hydrogen) atoms. The maximum absolute atomic E-state index is 5.71. The van der Waals surface area contributed by atoms with Gasteiger partial charge in [0.2, 0.25) is 0 Å². The molecular formula is C20H22N6S. The van der Waals surface area contributed by atoms with Gasteiger partial charge in [-0.1, -0.05) is 23.8 Å². The number of hydrogen-bond acceptors (Lipinski definition) is 5. The van der Waals surface area contributed by atoms with Crippen molar-refractivity contribution in [3.63, 3.8) is 0 Å². The first kappa shape index (κ1) is 17.6. The Balaban J connectivity index is 1.72. The molecule has 0 N–H and O–H groups in total. The molecule has 7 heteroatoms. The van der Waals surface area contributed by atoms with E-state index in [9.17, 15) is 0 Å². The molecule has 1 aromatic carbocycles. The normalized spacial score (nSPS) is 13.4. The van der Waals surface area contributed by atoms with Crippen molar-refractivity contribution < 1.29 is 0 Å². The van der Waals surface area contributed by atoms with Gasteiger partial charge < -0.3 is 4.90 Å². The van der Waals surface area contributed by atoms with Crippen molar-refractivity contribution in [2.75, 3.05) is 11.4 Å². The Morgan fingerprint density at radius 3 is 2.96 bits per heavy atom. The van der Waals surface area contributed by atoms with E-state index in [0.717, 1.165) is 19.4 Å². The molecule has 0 bridgehead atoms. The van der Waals surface area contributed by atoms with Gasteiger partial charge in [0.25, 0.3) is 0 Å². The number of allylic oxidation sites excluding steroid dienone is 1. The zero-order chi connectivity index (χ0) is 18.8. The number of anilines is 1. The zero-order valence-electron chi connectivity index (χ0n) is 15.4. The molecule has 0 unspecified atom stereocenters. The smallest absolute Gasteiger partial charge is 0.200 e. The molecule has 0 saturated heterocycles. The molecule has 6 nitrogen and oxygen atoms in total. The van der Waals surface area contributed by atoms with Crippen molar-refractivity contribution in [1.29, 1.82) is 0 Å². The molecule has 0 fully saturated rings. The van der Waals surface area contributed by atoms with Crippen molar-refractivity contribution in [2.45, 2.75) is 33.0 Å². The second-order valence-electron chi connectivity index (χ2n) is 6.74. The molecule has 0 amide bonds. The Labute approximate surface area is 163 Å². The van der Waals surface area contributed by atoms with Crippen LogP contribution in [0.2, 0.25) is 0 Å². The largest absolute Gasteiger partial charge is 0.352 e. The van der Waals surface area contributed by atoms with Gasteiger partial charge in [-0.3, -0.25) is 9.55 Å². The van der Waals surface area contributed by atoms with Crippen LogP contribution in [0, 0.1) is 11.7 Å². The van der Waals surface area contributed by atoms with Gasteiger partial charge in [0.05, 0.1) is 6.20 Å². The van der Waals surface area contributed by atoms with Crippen LogP contribution in [-0.4, -0.2) is 30.9 Å².